The highest BCUT2D eigenvalue weighted by Crippen LogP contribution is 2.28. The molecule has 4 heteroatoms. The first-order chi connectivity index (χ1) is 6.20. The minimum absolute atomic E-state index is 0.150. The zero-order valence-electron chi connectivity index (χ0n) is 7.53. The number of nitrogen functional groups attached to an aromatic ring is 1. The number of methoxy groups -OCH3 is 1. The van der Waals surface area contributed by atoms with Crippen LogP contribution in [0.3, 0.4) is 0 Å². The number of nitrogens with two attached hydrogens (primary N) is 2. The average molecular weight is 182 g/mol. The highest BCUT2D eigenvalue weighted by atomic mass is 16.5. The number of aliphatic hydroxyl groups excluding tert-OH is 1. The molecule has 1 aromatic carbocycles. The Morgan fingerprint density at radius 1 is 1.54 bits per heavy atom. The van der Waals surface area contributed by atoms with Gasteiger partial charge in [0.2, 0.25) is 0 Å². The maximum absolute atomic E-state index is 9.47. The largest absolute Gasteiger partial charge is 0.495 e. The van der Waals surface area contributed by atoms with E-state index in [-0.39, 0.29) is 6.54 Å². The summed E-state index contributed by atoms with van der Waals surface area (Å²) in [5.74, 6) is 0.560. The molecule has 72 valence electrons. The van der Waals surface area contributed by atoms with E-state index in [1.165, 1.54) is 7.11 Å². The van der Waals surface area contributed by atoms with Crippen molar-refractivity contribution >= 4 is 5.69 Å². The normalized spacial score (nSPS) is 12.5. The van der Waals surface area contributed by atoms with E-state index in [1.807, 2.05) is 0 Å². The standard InChI is InChI=1S/C9H14N2O2/c1-13-8-4-2-3-6(9(8)11)7(12)5-10/h2-4,7,12H,5,10-11H2,1H3. The summed E-state index contributed by atoms with van der Waals surface area (Å²) >= 11 is 0. The van der Waals surface area contributed by atoms with Crippen LogP contribution in [0.4, 0.5) is 5.69 Å². The van der Waals surface area contributed by atoms with Gasteiger partial charge >= 0.3 is 0 Å². The van der Waals surface area contributed by atoms with Gasteiger partial charge in [0.25, 0.3) is 0 Å². The van der Waals surface area contributed by atoms with Crippen LogP contribution in [0.25, 0.3) is 0 Å². The van der Waals surface area contributed by atoms with E-state index in [4.69, 9.17) is 16.2 Å². The Balaban J connectivity index is 3.08. The minimum Gasteiger partial charge on any atom is -0.495 e. The summed E-state index contributed by atoms with van der Waals surface area (Å²) in [7, 11) is 1.53. The van der Waals surface area contributed by atoms with Crippen molar-refractivity contribution in [2.24, 2.45) is 5.73 Å². The number of rotatable bonds is 3. The summed E-state index contributed by atoms with van der Waals surface area (Å²) in [6.07, 6.45) is -0.727. The molecule has 1 rings (SSSR count). The Kier molecular flexibility index (Phi) is 3.11. The summed E-state index contributed by atoms with van der Waals surface area (Å²) in [5, 5.41) is 9.47. The van der Waals surface area contributed by atoms with Gasteiger partial charge in [0.05, 0.1) is 18.9 Å². The van der Waals surface area contributed by atoms with Crippen LogP contribution in [0.15, 0.2) is 18.2 Å². The molecule has 0 aliphatic heterocycles. The third-order valence-electron chi connectivity index (χ3n) is 1.90. The molecular formula is C9H14N2O2. The lowest BCUT2D eigenvalue weighted by molar-refractivity contribution is 0.187. The molecule has 0 radical (unpaired) electrons. The second kappa shape index (κ2) is 4.11. The summed E-state index contributed by atoms with van der Waals surface area (Å²) in [4.78, 5) is 0. The van der Waals surface area contributed by atoms with Gasteiger partial charge in [-0.2, -0.15) is 0 Å². The molecule has 1 atom stereocenters. The van der Waals surface area contributed by atoms with Crippen LogP contribution in [0.5, 0.6) is 5.75 Å². The smallest absolute Gasteiger partial charge is 0.142 e. The van der Waals surface area contributed by atoms with E-state index in [1.54, 1.807) is 18.2 Å². The number of hydrogen-bond acceptors (Lipinski definition) is 4. The molecule has 0 aliphatic rings. The van der Waals surface area contributed by atoms with Crippen LogP contribution in [0.2, 0.25) is 0 Å². The van der Waals surface area contributed by atoms with E-state index >= 15 is 0 Å². The number of ether oxygens (including phenoxy) is 1. The fraction of sp³-hybridized carbons (Fsp3) is 0.333. The van der Waals surface area contributed by atoms with Crippen LogP contribution in [-0.2, 0) is 0 Å². The van der Waals surface area contributed by atoms with Crippen LogP contribution in [-0.4, -0.2) is 18.8 Å². The van der Waals surface area contributed by atoms with Gasteiger partial charge in [-0.25, -0.2) is 0 Å². The number of para-hydroxylation sites is 1. The van der Waals surface area contributed by atoms with E-state index in [0.717, 1.165) is 0 Å². The second-order valence-corrected chi connectivity index (χ2v) is 2.71. The van der Waals surface area contributed by atoms with Gasteiger partial charge in [0, 0.05) is 12.1 Å². The summed E-state index contributed by atoms with van der Waals surface area (Å²) < 4.78 is 5.00. The van der Waals surface area contributed by atoms with Gasteiger partial charge in [-0.05, 0) is 6.07 Å². The van der Waals surface area contributed by atoms with Crippen LogP contribution < -0.4 is 16.2 Å². The Hall–Kier alpha value is -1.26. The van der Waals surface area contributed by atoms with Crippen molar-refractivity contribution in [3.05, 3.63) is 23.8 Å². The van der Waals surface area contributed by atoms with Crippen molar-refractivity contribution in [3.63, 3.8) is 0 Å². The van der Waals surface area contributed by atoms with E-state index in [2.05, 4.69) is 0 Å². The number of benzene rings is 1. The van der Waals surface area contributed by atoms with Gasteiger partial charge in [-0.1, -0.05) is 12.1 Å². The Morgan fingerprint density at radius 2 is 2.23 bits per heavy atom. The lowest BCUT2D eigenvalue weighted by Gasteiger charge is -2.13. The molecule has 0 amide bonds. The lowest BCUT2D eigenvalue weighted by atomic mass is 10.1. The summed E-state index contributed by atoms with van der Waals surface area (Å²) in [6, 6.07) is 5.24. The molecule has 4 nitrogen and oxygen atoms in total. The molecule has 0 spiro atoms. The van der Waals surface area contributed by atoms with Crippen LogP contribution >= 0.6 is 0 Å². The molecule has 0 aliphatic carbocycles. The highest BCUT2D eigenvalue weighted by molar-refractivity contribution is 5.59. The molecule has 0 fully saturated rings. The van der Waals surface area contributed by atoms with Crippen molar-refractivity contribution in [3.8, 4) is 5.75 Å². The maximum atomic E-state index is 9.47. The first kappa shape index (κ1) is 9.83. The van der Waals surface area contributed by atoms with Crippen molar-refractivity contribution < 1.29 is 9.84 Å². The molecular weight excluding hydrogens is 168 g/mol. The van der Waals surface area contributed by atoms with Gasteiger partial charge in [0.1, 0.15) is 5.75 Å². The molecule has 0 aromatic heterocycles. The van der Waals surface area contributed by atoms with Crippen LogP contribution in [0, 0.1) is 0 Å². The van der Waals surface area contributed by atoms with Crippen molar-refractivity contribution in [1.82, 2.24) is 0 Å². The quantitative estimate of drug-likeness (QED) is 0.586. The fourth-order valence-electron chi connectivity index (χ4n) is 1.16. The van der Waals surface area contributed by atoms with Gasteiger partial charge < -0.3 is 21.3 Å². The van der Waals surface area contributed by atoms with Gasteiger partial charge in [-0.15, -0.1) is 0 Å². The lowest BCUT2D eigenvalue weighted by Crippen LogP contribution is -2.13. The number of hydrogen-bond donors (Lipinski definition) is 3. The minimum atomic E-state index is -0.727. The molecule has 13 heavy (non-hydrogen) atoms. The Morgan fingerprint density at radius 3 is 2.77 bits per heavy atom. The second-order valence-electron chi connectivity index (χ2n) is 2.71. The topological polar surface area (TPSA) is 81.5 Å². The molecule has 0 saturated heterocycles. The number of aliphatic hydroxyl groups is 1. The summed E-state index contributed by atoms with van der Waals surface area (Å²) in [6.45, 7) is 0.150. The van der Waals surface area contributed by atoms with Crippen molar-refractivity contribution in [2.45, 2.75) is 6.10 Å². The fourth-order valence-corrected chi connectivity index (χ4v) is 1.16. The number of anilines is 1. The van der Waals surface area contributed by atoms with E-state index in [9.17, 15) is 5.11 Å². The molecule has 0 bridgehead atoms. The average Bonchev–Trinajstić information content (AvgIpc) is 2.17. The predicted molar refractivity (Wildman–Crippen MR) is 51.4 cm³/mol. The Labute approximate surface area is 77.1 Å². The highest BCUT2D eigenvalue weighted by Gasteiger charge is 2.11. The summed E-state index contributed by atoms with van der Waals surface area (Å²) in [5.41, 5.74) is 12.1. The first-order valence-corrected chi connectivity index (χ1v) is 4.01. The van der Waals surface area contributed by atoms with Gasteiger partial charge in [-0.3, -0.25) is 0 Å². The third-order valence-corrected chi connectivity index (χ3v) is 1.90. The van der Waals surface area contributed by atoms with Gasteiger partial charge in [0.15, 0.2) is 0 Å². The zero-order chi connectivity index (χ0) is 9.84. The monoisotopic (exact) mass is 182 g/mol. The van der Waals surface area contributed by atoms with E-state index < -0.39 is 6.10 Å². The SMILES string of the molecule is COc1cccc(C(O)CN)c1N. The van der Waals surface area contributed by atoms with Crippen molar-refractivity contribution in [2.75, 3.05) is 19.4 Å². The molecule has 1 unspecified atom stereocenters. The first-order valence-electron chi connectivity index (χ1n) is 4.01. The molecule has 0 heterocycles. The third kappa shape index (κ3) is 1.91. The zero-order valence-corrected chi connectivity index (χ0v) is 7.53. The Bertz CT molecular complexity index is 289. The molecule has 0 saturated carbocycles. The molecule has 1 aromatic rings. The van der Waals surface area contributed by atoms with Crippen LogP contribution in [0.1, 0.15) is 11.7 Å². The van der Waals surface area contributed by atoms with E-state index in [0.29, 0.717) is 17.0 Å². The predicted octanol–water partition coefficient (Wildman–Crippen LogP) is 0.269. The maximum Gasteiger partial charge on any atom is 0.142 e. The van der Waals surface area contributed by atoms with Crippen molar-refractivity contribution in [1.29, 1.82) is 0 Å². The molecule has 5 N–H and O–H groups in total.